The number of aliphatic hydroxyl groups is 1. The van der Waals surface area contributed by atoms with Crippen LogP contribution in [0.4, 0.5) is 5.69 Å². The molecule has 0 fully saturated rings. The average Bonchev–Trinajstić information content (AvgIpc) is 2.41. The van der Waals surface area contributed by atoms with Crippen molar-refractivity contribution in [1.29, 1.82) is 0 Å². The summed E-state index contributed by atoms with van der Waals surface area (Å²) < 4.78 is 0. The smallest absolute Gasteiger partial charge is 0.104 e. The fraction of sp³-hybridized carbons (Fsp3) is 0.294. The summed E-state index contributed by atoms with van der Waals surface area (Å²) in [6.45, 7) is 4.15. The van der Waals surface area contributed by atoms with Crippen LogP contribution in [0.1, 0.15) is 28.4 Å². The van der Waals surface area contributed by atoms with E-state index in [1.54, 1.807) is 0 Å². The lowest BCUT2D eigenvalue weighted by molar-refractivity contribution is 0.220. The molecule has 0 spiro atoms. The summed E-state index contributed by atoms with van der Waals surface area (Å²) in [4.78, 5) is 2.05. The molecule has 0 saturated heterocycles. The van der Waals surface area contributed by atoms with E-state index in [-0.39, 0.29) is 0 Å². The van der Waals surface area contributed by atoms with E-state index in [9.17, 15) is 5.11 Å². The van der Waals surface area contributed by atoms with Gasteiger partial charge < -0.3 is 10.0 Å². The van der Waals surface area contributed by atoms with Crippen molar-refractivity contribution in [1.82, 2.24) is 0 Å². The highest BCUT2D eigenvalue weighted by atomic mass is 16.3. The molecule has 0 aliphatic carbocycles. The van der Waals surface area contributed by atoms with Crippen LogP contribution >= 0.6 is 0 Å². The van der Waals surface area contributed by atoms with Gasteiger partial charge in [-0.15, -0.1) is 0 Å². The van der Waals surface area contributed by atoms with E-state index in [0.29, 0.717) is 0 Å². The van der Waals surface area contributed by atoms with Crippen molar-refractivity contribution in [2.75, 3.05) is 19.0 Å². The van der Waals surface area contributed by atoms with Gasteiger partial charge in [-0.1, -0.05) is 30.3 Å². The third kappa shape index (κ3) is 2.96. The second-order valence-electron chi connectivity index (χ2n) is 5.23. The van der Waals surface area contributed by atoms with Gasteiger partial charge in [0.25, 0.3) is 0 Å². The van der Waals surface area contributed by atoms with E-state index in [2.05, 4.69) is 26.0 Å². The molecule has 2 aromatic carbocycles. The first-order chi connectivity index (χ1) is 8.99. The molecule has 2 heteroatoms. The van der Waals surface area contributed by atoms with Crippen molar-refractivity contribution in [3.63, 3.8) is 0 Å². The predicted molar refractivity (Wildman–Crippen MR) is 80.7 cm³/mol. The van der Waals surface area contributed by atoms with E-state index in [0.717, 1.165) is 16.8 Å². The Hall–Kier alpha value is -1.80. The van der Waals surface area contributed by atoms with Gasteiger partial charge in [0.05, 0.1) is 0 Å². The quantitative estimate of drug-likeness (QED) is 0.908. The SMILES string of the molecule is Cc1ccc(C(O)c2ccc(N(C)C)cc2)cc1C. The van der Waals surface area contributed by atoms with Gasteiger partial charge in [-0.3, -0.25) is 0 Å². The summed E-state index contributed by atoms with van der Waals surface area (Å²) in [5.41, 5.74) is 5.46. The fourth-order valence-electron chi connectivity index (χ4n) is 2.08. The molecule has 1 atom stereocenters. The van der Waals surface area contributed by atoms with Crippen molar-refractivity contribution >= 4 is 5.69 Å². The first kappa shape index (κ1) is 13.6. The van der Waals surface area contributed by atoms with Crippen LogP contribution in [-0.4, -0.2) is 19.2 Å². The Bertz CT molecular complexity index is 558. The van der Waals surface area contributed by atoms with E-state index in [1.807, 2.05) is 49.3 Å². The van der Waals surface area contributed by atoms with Crippen LogP contribution in [0.3, 0.4) is 0 Å². The van der Waals surface area contributed by atoms with Crippen molar-refractivity contribution in [3.8, 4) is 0 Å². The number of benzene rings is 2. The normalized spacial score (nSPS) is 12.3. The second-order valence-corrected chi connectivity index (χ2v) is 5.23. The number of hydrogen-bond acceptors (Lipinski definition) is 2. The van der Waals surface area contributed by atoms with Gasteiger partial charge in [0.2, 0.25) is 0 Å². The molecule has 0 aromatic heterocycles. The topological polar surface area (TPSA) is 23.5 Å². The third-order valence-electron chi connectivity index (χ3n) is 3.57. The van der Waals surface area contributed by atoms with Crippen molar-refractivity contribution in [3.05, 3.63) is 64.7 Å². The molecule has 0 aliphatic rings. The van der Waals surface area contributed by atoms with E-state index in [4.69, 9.17) is 0 Å². The number of nitrogens with zero attached hydrogens (tertiary/aromatic N) is 1. The van der Waals surface area contributed by atoms with Crippen LogP contribution in [0.15, 0.2) is 42.5 Å². The summed E-state index contributed by atoms with van der Waals surface area (Å²) >= 11 is 0. The van der Waals surface area contributed by atoms with Crippen LogP contribution in [-0.2, 0) is 0 Å². The third-order valence-corrected chi connectivity index (χ3v) is 3.57. The molecular weight excluding hydrogens is 234 g/mol. The first-order valence-corrected chi connectivity index (χ1v) is 6.51. The standard InChI is InChI=1S/C17H21NO/c1-12-5-6-15(11-13(12)2)17(19)14-7-9-16(10-8-14)18(3)4/h5-11,17,19H,1-4H3. The highest BCUT2D eigenvalue weighted by molar-refractivity contribution is 5.47. The van der Waals surface area contributed by atoms with Gasteiger partial charge in [-0.25, -0.2) is 0 Å². The molecular formula is C17H21NO. The molecule has 0 heterocycles. The largest absolute Gasteiger partial charge is 0.384 e. The Morgan fingerprint density at radius 3 is 1.95 bits per heavy atom. The predicted octanol–water partition coefficient (Wildman–Crippen LogP) is 3.45. The van der Waals surface area contributed by atoms with Gasteiger partial charge in [0.15, 0.2) is 0 Å². The Morgan fingerprint density at radius 2 is 1.42 bits per heavy atom. The molecule has 0 amide bonds. The summed E-state index contributed by atoms with van der Waals surface area (Å²) in [5.74, 6) is 0. The highest BCUT2D eigenvalue weighted by Crippen LogP contribution is 2.25. The molecule has 2 rings (SSSR count). The van der Waals surface area contributed by atoms with Gasteiger partial charge in [-0.2, -0.15) is 0 Å². The lowest BCUT2D eigenvalue weighted by atomic mass is 9.98. The summed E-state index contributed by atoms with van der Waals surface area (Å²) in [6, 6.07) is 14.1. The number of aryl methyl sites for hydroxylation is 2. The van der Waals surface area contributed by atoms with Gasteiger partial charge in [0, 0.05) is 19.8 Å². The van der Waals surface area contributed by atoms with Crippen LogP contribution in [0.2, 0.25) is 0 Å². The molecule has 19 heavy (non-hydrogen) atoms. The Balaban J connectivity index is 2.27. The zero-order valence-corrected chi connectivity index (χ0v) is 12.0. The molecule has 1 N–H and O–H groups in total. The molecule has 0 radical (unpaired) electrons. The number of rotatable bonds is 3. The highest BCUT2D eigenvalue weighted by Gasteiger charge is 2.11. The van der Waals surface area contributed by atoms with Crippen molar-refractivity contribution in [2.24, 2.45) is 0 Å². The van der Waals surface area contributed by atoms with Gasteiger partial charge in [-0.05, 0) is 48.2 Å². The monoisotopic (exact) mass is 255 g/mol. The zero-order chi connectivity index (χ0) is 14.0. The van der Waals surface area contributed by atoms with E-state index < -0.39 is 6.10 Å². The zero-order valence-electron chi connectivity index (χ0n) is 12.0. The van der Waals surface area contributed by atoms with Crippen LogP contribution in [0.25, 0.3) is 0 Å². The lowest BCUT2D eigenvalue weighted by Gasteiger charge is -2.16. The number of aliphatic hydroxyl groups excluding tert-OH is 1. The molecule has 100 valence electrons. The molecule has 0 bridgehead atoms. The molecule has 2 aromatic rings. The minimum atomic E-state index is -0.560. The molecule has 0 aliphatic heterocycles. The second kappa shape index (κ2) is 5.45. The maximum atomic E-state index is 10.4. The summed E-state index contributed by atoms with van der Waals surface area (Å²) in [5, 5.41) is 10.4. The maximum Gasteiger partial charge on any atom is 0.104 e. The van der Waals surface area contributed by atoms with Crippen LogP contribution < -0.4 is 4.90 Å². The summed E-state index contributed by atoms with van der Waals surface area (Å²) in [6.07, 6.45) is -0.560. The minimum Gasteiger partial charge on any atom is -0.384 e. The number of hydrogen-bond donors (Lipinski definition) is 1. The van der Waals surface area contributed by atoms with Crippen LogP contribution in [0, 0.1) is 13.8 Å². The Kier molecular flexibility index (Phi) is 3.91. The van der Waals surface area contributed by atoms with Gasteiger partial charge >= 0.3 is 0 Å². The van der Waals surface area contributed by atoms with Crippen LogP contribution in [0.5, 0.6) is 0 Å². The van der Waals surface area contributed by atoms with Crippen molar-refractivity contribution < 1.29 is 5.11 Å². The van der Waals surface area contributed by atoms with E-state index in [1.165, 1.54) is 11.1 Å². The Morgan fingerprint density at radius 1 is 0.842 bits per heavy atom. The fourth-order valence-corrected chi connectivity index (χ4v) is 2.08. The maximum absolute atomic E-state index is 10.4. The van der Waals surface area contributed by atoms with E-state index >= 15 is 0 Å². The number of anilines is 1. The average molecular weight is 255 g/mol. The minimum absolute atomic E-state index is 0.560. The molecule has 0 saturated carbocycles. The molecule has 2 nitrogen and oxygen atoms in total. The lowest BCUT2D eigenvalue weighted by Crippen LogP contribution is -2.08. The first-order valence-electron chi connectivity index (χ1n) is 6.51. The summed E-state index contributed by atoms with van der Waals surface area (Å²) in [7, 11) is 4.02. The Labute approximate surface area is 115 Å². The molecule has 1 unspecified atom stereocenters. The van der Waals surface area contributed by atoms with Crippen molar-refractivity contribution in [2.45, 2.75) is 20.0 Å². The van der Waals surface area contributed by atoms with Gasteiger partial charge in [0.1, 0.15) is 6.10 Å².